The number of thiophene rings is 1. The first-order valence-corrected chi connectivity index (χ1v) is 9.03. The Labute approximate surface area is 147 Å². The third kappa shape index (κ3) is 5.77. The van der Waals surface area contributed by atoms with Gasteiger partial charge in [-0.25, -0.2) is 4.79 Å². The summed E-state index contributed by atoms with van der Waals surface area (Å²) in [5.41, 5.74) is 1.10. The second-order valence-electron chi connectivity index (χ2n) is 5.09. The Bertz CT molecular complexity index is 629. The molecule has 0 aliphatic heterocycles. The van der Waals surface area contributed by atoms with Crippen molar-refractivity contribution in [2.75, 3.05) is 19.8 Å². The van der Waals surface area contributed by atoms with Crippen molar-refractivity contribution in [3.63, 3.8) is 0 Å². The van der Waals surface area contributed by atoms with Crippen LogP contribution in [0.4, 0.5) is 4.79 Å². The molecule has 0 saturated heterocycles. The zero-order chi connectivity index (χ0) is 17.2. The zero-order valence-electron chi connectivity index (χ0n) is 14.1. The van der Waals surface area contributed by atoms with Gasteiger partial charge in [-0.1, -0.05) is 12.1 Å². The highest BCUT2D eigenvalue weighted by Gasteiger charge is 2.07. The third-order valence-electron chi connectivity index (χ3n) is 3.31. The molecule has 0 saturated carbocycles. The molecular formula is C18H24N2O3S. The number of urea groups is 1. The van der Waals surface area contributed by atoms with Gasteiger partial charge < -0.3 is 20.1 Å². The molecule has 0 radical (unpaired) electrons. The SMILES string of the molecule is CCOc1ccc(CCNC(=O)NCc2cccs2)cc1OCC. The molecule has 2 aromatic rings. The van der Waals surface area contributed by atoms with E-state index in [-0.39, 0.29) is 6.03 Å². The molecule has 2 amide bonds. The number of hydrogen-bond acceptors (Lipinski definition) is 4. The van der Waals surface area contributed by atoms with E-state index in [1.807, 2.05) is 49.6 Å². The minimum atomic E-state index is -0.153. The van der Waals surface area contributed by atoms with Gasteiger partial charge in [0.2, 0.25) is 0 Å². The number of carbonyl (C=O) groups is 1. The van der Waals surface area contributed by atoms with E-state index < -0.39 is 0 Å². The van der Waals surface area contributed by atoms with Crippen molar-refractivity contribution in [3.8, 4) is 11.5 Å². The summed E-state index contributed by atoms with van der Waals surface area (Å²) in [5, 5.41) is 7.71. The van der Waals surface area contributed by atoms with E-state index in [1.54, 1.807) is 11.3 Å². The highest BCUT2D eigenvalue weighted by Crippen LogP contribution is 2.28. The Morgan fingerprint density at radius 3 is 2.58 bits per heavy atom. The molecule has 2 N–H and O–H groups in total. The van der Waals surface area contributed by atoms with Gasteiger partial charge in [0.1, 0.15) is 0 Å². The largest absolute Gasteiger partial charge is 0.490 e. The summed E-state index contributed by atoms with van der Waals surface area (Å²) < 4.78 is 11.2. The number of rotatable bonds is 9. The lowest BCUT2D eigenvalue weighted by Gasteiger charge is -2.12. The van der Waals surface area contributed by atoms with Gasteiger partial charge in [0.15, 0.2) is 11.5 Å². The predicted molar refractivity (Wildman–Crippen MR) is 97.0 cm³/mol. The first-order valence-electron chi connectivity index (χ1n) is 8.15. The molecule has 1 aromatic carbocycles. The molecule has 0 atom stereocenters. The molecule has 24 heavy (non-hydrogen) atoms. The van der Waals surface area contributed by atoms with Crippen molar-refractivity contribution >= 4 is 17.4 Å². The average molecular weight is 348 g/mol. The van der Waals surface area contributed by atoms with Gasteiger partial charge in [0, 0.05) is 11.4 Å². The van der Waals surface area contributed by atoms with Crippen LogP contribution < -0.4 is 20.1 Å². The molecule has 0 aliphatic rings. The molecule has 130 valence electrons. The molecule has 0 fully saturated rings. The Morgan fingerprint density at radius 2 is 1.88 bits per heavy atom. The van der Waals surface area contributed by atoms with E-state index in [1.165, 1.54) is 0 Å². The van der Waals surface area contributed by atoms with E-state index in [0.29, 0.717) is 26.3 Å². The normalized spacial score (nSPS) is 10.2. The fourth-order valence-corrected chi connectivity index (χ4v) is 2.86. The average Bonchev–Trinajstić information content (AvgIpc) is 3.09. The lowest BCUT2D eigenvalue weighted by atomic mass is 10.1. The van der Waals surface area contributed by atoms with Crippen LogP contribution in [0.1, 0.15) is 24.3 Å². The van der Waals surface area contributed by atoms with Crippen LogP contribution in [0.15, 0.2) is 35.7 Å². The molecular weight excluding hydrogens is 324 g/mol. The number of ether oxygens (including phenoxy) is 2. The summed E-state index contributed by atoms with van der Waals surface area (Å²) >= 11 is 1.63. The quantitative estimate of drug-likeness (QED) is 0.728. The summed E-state index contributed by atoms with van der Waals surface area (Å²) in [6.45, 7) is 6.21. The van der Waals surface area contributed by atoms with Gasteiger partial charge in [0.25, 0.3) is 0 Å². The summed E-state index contributed by atoms with van der Waals surface area (Å²) in [7, 11) is 0. The fourth-order valence-electron chi connectivity index (χ4n) is 2.21. The van der Waals surface area contributed by atoms with Gasteiger partial charge >= 0.3 is 6.03 Å². The van der Waals surface area contributed by atoms with Crippen molar-refractivity contribution in [2.45, 2.75) is 26.8 Å². The molecule has 0 bridgehead atoms. The van der Waals surface area contributed by atoms with E-state index in [0.717, 1.165) is 28.4 Å². The molecule has 6 heteroatoms. The number of nitrogens with one attached hydrogen (secondary N) is 2. The van der Waals surface area contributed by atoms with E-state index in [9.17, 15) is 4.79 Å². The minimum absolute atomic E-state index is 0.153. The Hall–Kier alpha value is -2.21. The van der Waals surface area contributed by atoms with Gasteiger partial charge in [-0.3, -0.25) is 0 Å². The standard InChI is InChI=1S/C18H24N2O3S/c1-3-22-16-8-7-14(12-17(16)23-4-2)9-10-19-18(21)20-13-15-6-5-11-24-15/h5-8,11-12H,3-4,9-10,13H2,1-2H3,(H2,19,20,21). The summed E-state index contributed by atoms with van der Waals surface area (Å²) in [4.78, 5) is 12.9. The maximum Gasteiger partial charge on any atom is 0.315 e. The molecule has 0 unspecified atom stereocenters. The van der Waals surface area contributed by atoms with Crippen molar-refractivity contribution in [2.24, 2.45) is 0 Å². The zero-order valence-corrected chi connectivity index (χ0v) is 14.9. The maximum absolute atomic E-state index is 11.8. The smallest absolute Gasteiger partial charge is 0.315 e. The molecule has 2 rings (SSSR count). The van der Waals surface area contributed by atoms with Crippen LogP contribution in [0.3, 0.4) is 0 Å². The van der Waals surface area contributed by atoms with Crippen molar-refractivity contribution in [1.29, 1.82) is 0 Å². The number of hydrogen-bond donors (Lipinski definition) is 2. The number of amides is 2. The molecule has 5 nitrogen and oxygen atoms in total. The monoisotopic (exact) mass is 348 g/mol. The third-order valence-corrected chi connectivity index (χ3v) is 4.19. The fraction of sp³-hybridized carbons (Fsp3) is 0.389. The van der Waals surface area contributed by atoms with Crippen LogP contribution in [0, 0.1) is 0 Å². The molecule has 1 heterocycles. The Kier molecular flexibility index (Phi) is 7.42. The first kappa shape index (κ1) is 18.1. The summed E-state index contributed by atoms with van der Waals surface area (Å²) in [6, 6.07) is 9.71. The van der Waals surface area contributed by atoms with Crippen LogP contribution in [0.2, 0.25) is 0 Å². The molecule has 1 aromatic heterocycles. The van der Waals surface area contributed by atoms with Crippen LogP contribution >= 0.6 is 11.3 Å². The molecule has 0 spiro atoms. The summed E-state index contributed by atoms with van der Waals surface area (Å²) in [5.74, 6) is 1.50. The topological polar surface area (TPSA) is 59.6 Å². The van der Waals surface area contributed by atoms with Crippen molar-refractivity contribution in [3.05, 3.63) is 46.2 Å². The van der Waals surface area contributed by atoms with Crippen LogP contribution in [-0.2, 0) is 13.0 Å². The molecule has 0 aliphatic carbocycles. The van der Waals surface area contributed by atoms with E-state index >= 15 is 0 Å². The maximum atomic E-state index is 11.8. The highest BCUT2D eigenvalue weighted by molar-refractivity contribution is 7.09. The first-order chi connectivity index (χ1) is 11.7. The lowest BCUT2D eigenvalue weighted by Crippen LogP contribution is -2.36. The van der Waals surface area contributed by atoms with Gasteiger partial charge in [0.05, 0.1) is 19.8 Å². The van der Waals surface area contributed by atoms with Crippen LogP contribution in [0.25, 0.3) is 0 Å². The van der Waals surface area contributed by atoms with Gasteiger partial charge in [-0.15, -0.1) is 11.3 Å². The lowest BCUT2D eigenvalue weighted by molar-refractivity contribution is 0.240. The predicted octanol–water partition coefficient (Wildman–Crippen LogP) is 3.59. The van der Waals surface area contributed by atoms with Crippen molar-refractivity contribution < 1.29 is 14.3 Å². The summed E-state index contributed by atoms with van der Waals surface area (Å²) in [6.07, 6.45) is 0.735. The second kappa shape index (κ2) is 9.82. The second-order valence-corrected chi connectivity index (χ2v) is 6.12. The Balaban J connectivity index is 1.78. The van der Waals surface area contributed by atoms with Crippen LogP contribution in [0.5, 0.6) is 11.5 Å². The highest BCUT2D eigenvalue weighted by atomic mass is 32.1. The number of benzene rings is 1. The van der Waals surface area contributed by atoms with Gasteiger partial charge in [-0.2, -0.15) is 0 Å². The minimum Gasteiger partial charge on any atom is -0.490 e. The van der Waals surface area contributed by atoms with E-state index in [4.69, 9.17) is 9.47 Å². The van der Waals surface area contributed by atoms with Crippen molar-refractivity contribution in [1.82, 2.24) is 10.6 Å². The Morgan fingerprint density at radius 1 is 1.08 bits per heavy atom. The van der Waals surface area contributed by atoms with Gasteiger partial charge in [-0.05, 0) is 49.4 Å². The van der Waals surface area contributed by atoms with E-state index in [2.05, 4.69) is 10.6 Å². The van der Waals surface area contributed by atoms with Crippen LogP contribution in [-0.4, -0.2) is 25.8 Å². The number of carbonyl (C=O) groups excluding carboxylic acids is 1.